The van der Waals surface area contributed by atoms with Crippen LogP contribution in [0, 0.1) is 0 Å². The normalized spacial score (nSPS) is 19.4. The number of nitrogens with zero attached hydrogens (tertiary/aromatic N) is 1. The summed E-state index contributed by atoms with van der Waals surface area (Å²) >= 11 is 0. The molecule has 1 aliphatic rings. The van der Waals surface area contributed by atoms with E-state index >= 15 is 0 Å². The molecule has 1 atom stereocenters. The van der Waals surface area contributed by atoms with Crippen molar-refractivity contribution in [1.29, 1.82) is 0 Å². The van der Waals surface area contributed by atoms with Crippen LogP contribution < -0.4 is 4.18 Å². The molecule has 0 unspecified atom stereocenters. The Morgan fingerprint density at radius 3 is 2.52 bits per heavy atom. The maximum Gasteiger partial charge on any atom is 0.339 e. The summed E-state index contributed by atoms with van der Waals surface area (Å²) < 4.78 is 36.0. The van der Waals surface area contributed by atoms with Crippen molar-refractivity contribution in [3.05, 3.63) is 60.2 Å². The van der Waals surface area contributed by atoms with Crippen LogP contribution >= 0.6 is 0 Å². The molecule has 1 heterocycles. The van der Waals surface area contributed by atoms with Gasteiger partial charge in [-0.1, -0.05) is 36.4 Å². The molecular formula is C17H19NO4S. The van der Waals surface area contributed by atoms with Crippen molar-refractivity contribution >= 4 is 10.1 Å². The van der Waals surface area contributed by atoms with Gasteiger partial charge in [-0.3, -0.25) is 0 Å². The zero-order valence-electron chi connectivity index (χ0n) is 12.9. The van der Waals surface area contributed by atoms with Crippen molar-refractivity contribution < 1.29 is 17.3 Å². The van der Waals surface area contributed by atoms with E-state index in [-0.39, 0.29) is 11.0 Å². The Morgan fingerprint density at radius 1 is 1.09 bits per heavy atom. The van der Waals surface area contributed by atoms with E-state index in [9.17, 15) is 8.42 Å². The molecule has 5 nitrogen and oxygen atoms in total. The van der Waals surface area contributed by atoms with Crippen molar-refractivity contribution in [3.8, 4) is 5.75 Å². The number of ether oxygens (including phenoxy) is 1. The number of likely N-dealkylation sites (N-methyl/N-ethyl adjacent to an activating group) is 1. The predicted molar refractivity (Wildman–Crippen MR) is 86.9 cm³/mol. The molecule has 0 radical (unpaired) electrons. The quantitative estimate of drug-likeness (QED) is 0.805. The van der Waals surface area contributed by atoms with E-state index in [0.717, 1.165) is 12.1 Å². The summed E-state index contributed by atoms with van der Waals surface area (Å²) in [6.45, 7) is 2.18. The van der Waals surface area contributed by atoms with Crippen molar-refractivity contribution in [2.24, 2.45) is 0 Å². The maximum atomic E-state index is 12.4. The third kappa shape index (κ3) is 3.72. The van der Waals surface area contributed by atoms with Crippen LogP contribution in [0.5, 0.6) is 5.75 Å². The smallest absolute Gasteiger partial charge is 0.339 e. The van der Waals surface area contributed by atoms with Gasteiger partial charge in [0.1, 0.15) is 10.6 Å². The second-order valence-electron chi connectivity index (χ2n) is 5.51. The molecule has 0 spiro atoms. The topological polar surface area (TPSA) is 55.8 Å². The lowest BCUT2D eigenvalue weighted by molar-refractivity contribution is -0.0215. The molecule has 0 aliphatic carbocycles. The van der Waals surface area contributed by atoms with E-state index in [0.29, 0.717) is 18.9 Å². The van der Waals surface area contributed by atoms with Crippen molar-refractivity contribution in [3.63, 3.8) is 0 Å². The molecule has 2 aromatic carbocycles. The van der Waals surface area contributed by atoms with Crippen molar-refractivity contribution in [1.82, 2.24) is 4.90 Å². The zero-order valence-corrected chi connectivity index (χ0v) is 13.7. The standard InChI is InChI=1S/C17H19NO4S/c1-18-11-12-21-17(13-18)15-9-5-6-10-16(15)22-23(19,20)14-7-3-2-4-8-14/h2-10,17H,11-13H2,1H3/t17-/m0/s1. The molecule has 1 aliphatic heterocycles. The minimum absolute atomic E-state index is 0.136. The van der Waals surface area contributed by atoms with Crippen LogP contribution in [0.25, 0.3) is 0 Å². The van der Waals surface area contributed by atoms with Crippen LogP contribution in [-0.2, 0) is 14.9 Å². The van der Waals surface area contributed by atoms with Crippen molar-refractivity contribution in [2.45, 2.75) is 11.0 Å². The summed E-state index contributed by atoms with van der Waals surface area (Å²) in [7, 11) is -1.84. The minimum atomic E-state index is -3.86. The fraction of sp³-hybridized carbons (Fsp3) is 0.294. The highest BCUT2D eigenvalue weighted by Crippen LogP contribution is 2.31. The van der Waals surface area contributed by atoms with Crippen LogP contribution in [0.4, 0.5) is 0 Å². The highest BCUT2D eigenvalue weighted by Gasteiger charge is 2.25. The number of benzene rings is 2. The van der Waals surface area contributed by atoms with Gasteiger partial charge in [-0.05, 0) is 25.2 Å². The SMILES string of the molecule is CN1CCO[C@H](c2ccccc2OS(=O)(=O)c2ccccc2)C1. The van der Waals surface area contributed by atoms with Gasteiger partial charge in [0.15, 0.2) is 0 Å². The van der Waals surface area contributed by atoms with Gasteiger partial charge in [0.2, 0.25) is 0 Å². The lowest BCUT2D eigenvalue weighted by Gasteiger charge is -2.31. The molecule has 122 valence electrons. The molecular weight excluding hydrogens is 314 g/mol. The fourth-order valence-corrected chi connectivity index (χ4v) is 3.52. The molecule has 0 aromatic heterocycles. The number of hydrogen-bond acceptors (Lipinski definition) is 5. The van der Waals surface area contributed by atoms with Gasteiger partial charge in [0.05, 0.1) is 12.7 Å². The summed E-state index contributed by atoms with van der Waals surface area (Å²) in [4.78, 5) is 2.29. The number of morpholine rings is 1. The minimum Gasteiger partial charge on any atom is -0.379 e. The Hall–Kier alpha value is -1.89. The average Bonchev–Trinajstić information content (AvgIpc) is 2.56. The summed E-state index contributed by atoms with van der Waals surface area (Å²) in [6, 6.07) is 15.3. The first kappa shape index (κ1) is 16.0. The molecule has 0 amide bonds. The molecule has 23 heavy (non-hydrogen) atoms. The highest BCUT2D eigenvalue weighted by atomic mass is 32.2. The second-order valence-corrected chi connectivity index (χ2v) is 7.06. The van der Waals surface area contributed by atoms with E-state index < -0.39 is 10.1 Å². The molecule has 2 aromatic rings. The molecule has 0 saturated carbocycles. The Bertz CT molecular complexity index is 761. The lowest BCUT2D eigenvalue weighted by Crippen LogP contribution is -2.35. The van der Waals surface area contributed by atoms with Gasteiger partial charge >= 0.3 is 10.1 Å². The van der Waals surface area contributed by atoms with Crippen LogP contribution in [0.2, 0.25) is 0 Å². The Morgan fingerprint density at radius 2 is 1.78 bits per heavy atom. The number of hydrogen-bond donors (Lipinski definition) is 0. The largest absolute Gasteiger partial charge is 0.379 e. The summed E-state index contributed by atoms with van der Waals surface area (Å²) in [5.41, 5.74) is 0.749. The van der Waals surface area contributed by atoms with E-state index in [4.69, 9.17) is 8.92 Å². The van der Waals surface area contributed by atoms with E-state index in [2.05, 4.69) is 4.90 Å². The summed E-state index contributed by atoms with van der Waals surface area (Å²) in [5.74, 6) is 0.316. The first-order valence-electron chi connectivity index (χ1n) is 7.45. The number of para-hydroxylation sites is 1. The first-order valence-corrected chi connectivity index (χ1v) is 8.86. The fourth-order valence-electron chi connectivity index (χ4n) is 2.54. The molecule has 1 fully saturated rings. The average molecular weight is 333 g/mol. The molecule has 0 N–H and O–H groups in total. The van der Waals surface area contributed by atoms with Gasteiger partial charge in [0, 0.05) is 18.7 Å². The molecule has 1 saturated heterocycles. The third-order valence-corrected chi connectivity index (χ3v) is 5.02. The van der Waals surface area contributed by atoms with Gasteiger partial charge in [0.25, 0.3) is 0 Å². The van der Waals surface area contributed by atoms with Gasteiger partial charge in [-0.15, -0.1) is 0 Å². The van der Waals surface area contributed by atoms with E-state index in [1.807, 2.05) is 19.2 Å². The Labute approximate surface area is 136 Å². The predicted octanol–water partition coefficient (Wildman–Crippen LogP) is 2.46. The Balaban J connectivity index is 1.89. The number of rotatable bonds is 4. The van der Waals surface area contributed by atoms with Crippen LogP contribution in [0.15, 0.2) is 59.5 Å². The lowest BCUT2D eigenvalue weighted by atomic mass is 10.1. The van der Waals surface area contributed by atoms with Gasteiger partial charge in [-0.2, -0.15) is 8.42 Å². The van der Waals surface area contributed by atoms with Gasteiger partial charge in [-0.25, -0.2) is 0 Å². The monoisotopic (exact) mass is 333 g/mol. The van der Waals surface area contributed by atoms with Gasteiger partial charge < -0.3 is 13.8 Å². The third-order valence-electron chi connectivity index (χ3n) is 3.77. The first-order chi connectivity index (χ1) is 11.1. The van der Waals surface area contributed by atoms with Crippen molar-refractivity contribution in [2.75, 3.05) is 26.7 Å². The van der Waals surface area contributed by atoms with Crippen LogP contribution in [-0.4, -0.2) is 40.1 Å². The maximum absolute atomic E-state index is 12.4. The molecule has 6 heteroatoms. The summed E-state index contributed by atoms with van der Waals surface area (Å²) in [6.07, 6.45) is -0.198. The zero-order chi connectivity index (χ0) is 16.3. The van der Waals surface area contributed by atoms with E-state index in [1.54, 1.807) is 30.3 Å². The van der Waals surface area contributed by atoms with Crippen LogP contribution in [0.3, 0.4) is 0 Å². The molecule has 3 rings (SSSR count). The van der Waals surface area contributed by atoms with Crippen LogP contribution in [0.1, 0.15) is 11.7 Å². The molecule has 0 bridgehead atoms. The highest BCUT2D eigenvalue weighted by molar-refractivity contribution is 7.87. The Kier molecular flexibility index (Phi) is 4.66. The second kappa shape index (κ2) is 6.70. The van der Waals surface area contributed by atoms with E-state index in [1.165, 1.54) is 12.1 Å². The summed E-state index contributed by atoms with van der Waals surface area (Å²) in [5, 5.41) is 0.